The van der Waals surface area contributed by atoms with Crippen molar-refractivity contribution in [2.45, 2.75) is 45.3 Å². The summed E-state index contributed by atoms with van der Waals surface area (Å²) in [6.45, 7) is 3.60. The highest BCUT2D eigenvalue weighted by Crippen LogP contribution is 2.24. The fourth-order valence-corrected chi connectivity index (χ4v) is 2.95. The van der Waals surface area contributed by atoms with Gasteiger partial charge in [-0.15, -0.1) is 0 Å². The molecule has 2 N–H and O–H groups in total. The van der Waals surface area contributed by atoms with Crippen LogP contribution in [-0.2, 0) is 13.6 Å². The highest BCUT2D eigenvalue weighted by Gasteiger charge is 2.23. The topological polar surface area (TPSA) is 59.3 Å². The van der Waals surface area contributed by atoms with Gasteiger partial charge in [0.05, 0.1) is 24.5 Å². The summed E-state index contributed by atoms with van der Waals surface area (Å²) < 4.78 is 7.14. The molecule has 2 unspecified atom stereocenters. The van der Waals surface area contributed by atoms with Crippen molar-refractivity contribution in [3.8, 4) is 5.88 Å². The summed E-state index contributed by atoms with van der Waals surface area (Å²) in [5.74, 6) is 1.20. The van der Waals surface area contributed by atoms with Gasteiger partial charge in [0.15, 0.2) is 0 Å². The maximum atomic E-state index is 9.94. The summed E-state index contributed by atoms with van der Waals surface area (Å²) >= 11 is 0. The third-order valence-corrected chi connectivity index (χ3v) is 4.06. The molecule has 5 heteroatoms. The van der Waals surface area contributed by atoms with Crippen molar-refractivity contribution in [2.75, 3.05) is 13.7 Å². The largest absolute Gasteiger partial charge is 0.481 e. The first-order valence-corrected chi connectivity index (χ1v) is 7.08. The van der Waals surface area contributed by atoms with E-state index in [1.165, 1.54) is 6.42 Å². The fraction of sp³-hybridized carbons (Fsp3) is 0.786. The van der Waals surface area contributed by atoms with Crippen molar-refractivity contribution >= 4 is 0 Å². The van der Waals surface area contributed by atoms with Gasteiger partial charge in [0.1, 0.15) is 0 Å². The predicted octanol–water partition coefficient (Wildman–Crippen LogP) is 1.38. The molecule has 0 aliphatic heterocycles. The summed E-state index contributed by atoms with van der Waals surface area (Å²) in [6, 6.07) is 0. The Kier molecular flexibility index (Phi) is 4.82. The van der Waals surface area contributed by atoms with Crippen LogP contribution in [0.4, 0.5) is 0 Å². The van der Waals surface area contributed by atoms with Gasteiger partial charge in [-0.2, -0.15) is 5.10 Å². The Morgan fingerprint density at radius 2 is 2.16 bits per heavy atom. The lowest BCUT2D eigenvalue weighted by Gasteiger charge is -2.27. The first-order chi connectivity index (χ1) is 9.13. The second-order valence-electron chi connectivity index (χ2n) is 5.44. The molecule has 1 fully saturated rings. The minimum Gasteiger partial charge on any atom is -0.481 e. The average Bonchev–Trinajstić information content (AvgIpc) is 2.66. The molecule has 0 radical (unpaired) electrons. The lowest BCUT2D eigenvalue weighted by molar-refractivity contribution is 0.0695. The molecule has 0 spiro atoms. The third kappa shape index (κ3) is 3.28. The molecule has 1 heterocycles. The van der Waals surface area contributed by atoms with E-state index in [2.05, 4.69) is 10.4 Å². The van der Waals surface area contributed by atoms with Crippen LogP contribution in [0.15, 0.2) is 0 Å². The molecule has 1 aromatic heterocycles. The normalized spacial score (nSPS) is 23.6. The average molecular weight is 267 g/mol. The molecule has 1 aromatic rings. The molecule has 1 aliphatic rings. The lowest BCUT2D eigenvalue weighted by atomic mass is 9.86. The molecule has 5 nitrogen and oxygen atoms in total. The number of nitrogens with one attached hydrogen (secondary N) is 1. The molecule has 0 aromatic carbocycles. The van der Waals surface area contributed by atoms with Crippen LogP contribution in [0.1, 0.15) is 36.9 Å². The van der Waals surface area contributed by atoms with Crippen molar-refractivity contribution in [2.24, 2.45) is 13.0 Å². The molecule has 1 saturated carbocycles. The number of aromatic nitrogens is 2. The lowest BCUT2D eigenvalue weighted by Crippen LogP contribution is -2.33. The number of hydrogen-bond donors (Lipinski definition) is 2. The van der Waals surface area contributed by atoms with Crippen molar-refractivity contribution < 1.29 is 9.84 Å². The summed E-state index contributed by atoms with van der Waals surface area (Å²) in [6.07, 6.45) is 4.32. The first kappa shape index (κ1) is 14.3. The summed E-state index contributed by atoms with van der Waals surface area (Å²) in [5, 5.41) is 17.7. The molecule has 108 valence electrons. The molecule has 2 rings (SSSR count). The van der Waals surface area contributed by atoms with E-state index in [9.17, 15) is 5.11 Å². The first-order valence-electron chi connectivity index (χ1n) is 7.08. The minimum atomic E-state index is -0.141. The smallest absolute Gasteiger partial charge is 0.216 e. The number of rotatable bonds is 5. The maximum absolute atomic E-state index is 9.94. The summed E-state index contributed by atoms with van der Waals surface area (Å²) in [5.41, 5.74) is 2.10. The molecular weight excluding hydrogens is 242 g/mol. The number of aryl methyl sites for hydroxylation is 2. The van der Waals surface area contributed by atoms with E-state index in [1.807, 2.05) is 14.0 Å². The highest BCUT2D eigenvalue weighted by molar-refractivity contribution is 5.30. The van der Waals surface area contributed by atoms with Crippen molar-refractivity contribution in [3.63, 3.8) is 0 Å². The SMILES string of the molecule is COc1c(CNCC2CCCCC2O)c(C)nn1C. The number of nitrogens with zero attached hydrogens (tertiary/aromatic N) is 2. The van der Waals surface area contributed by atoms with Gasteiger partial charge < -0.3 is 15.2 Å². The maximum Gasteiger partial charge on any atom is 0.216 e. The fourth-order valence-electron chi connectivity index (χ4n) is 2.95. The Hall–Kier alpha value is -1.07. The van der Waals surface area contributed by atoms with Crippen molar-refractivity contribution in [3.05, 3.63) is 11.3 Å². The van der Waals surface area contributed by atoms with Gasteiger partial charge in [0.2, 0.25) is 5.88 Å². The zero-order valence-corrected chi connectivity index (χ0v) is 12.1. The Bertz CT molecular complexity index is 417. The van der Waals surface area contributed by atoms with Gasteiger partial charge in [-0.25, -0.2) is 4.68 Å². The van der Waals surface area contributed by atoms with Gasteiger partial charge in [0.25, 0.3) is 0 Å². The van der Waals surface area contributed by atoms with Crippen LogP contribution >= 0.6 is 0 Å². The van der Waals surface area contributed by atoms with E-state index >= 15 is 0 Å². The van der Waals surface area contributed by atoms with E-state index in [0.717, 1.165) is 49.5 Å². The molecule has 1 aliphatic carbocycles. The summed E-state index contributed by atoms with van der Waals surface area (Å²) in [7, 11) is 3.56. The van der Waals surface area contributed by atoms with Crippen LogP contribution < -0.4 is 10.1 Å². The van der Waals surface area contributed by atoms with Crippen molar-refractivity contribution in [1.82, 2.24) is 15.1 Å². The summed E-state index contributed by atoms with van der Waals surface area (Å²) in [4.78, 5) is 0. The number of methoxy groups -OCH3 is 1. The zero-order chi connectivity index (χ0) is 13.8. The highest BCUT2D eigenvalue weighted by atomic mass is 16.5. The van der Waals surface area contributed by atoms with Gasteiger partial charge >= 0.3 is 0 Å². The van der Waals surface area contributed by atoms with E-state index in [0.29, 0.717) is 5.92 Å². The number of aliphatic hydroxyl groups is 1. The molecule has 2 atom stereocenters. The van der Waals surface area contributed by atoms with E-state index in [-0.39, 0.29) is 6.10 Å². The number of ether oxygens (including phenoxy) is 1. The Morgan fingerprint density at radius 3 is 2.84 bits per heavy atom. The van der Waals surface area contributed by atoms with Gasteiger partial charge in [-0.1, -0.05) is 12.8 Å². The van der Waals surface area contributed by atoms with Crippen LogP contribution in [0.5, 0.6) is 5.88 Å². The Balaban J connectivity index is 1.88. The van der Waals surface area contributed by atoms with Gasteiger partial charge in [-0.3, -0.25) is 0 Å². The predicted molar refractivity (Wildman–Crippen MR) is 74.2 cm³/mol. The monoisotopic (exact) mass is 267 g/mol. The molecule has 19 heavy (non-hydrogen) atoms. The van der Waals surface area contributed by atoms with Crippen LogP contribution in [0, 0.1) is 12.8 Å². The third-order valence-electron chi connectivity index (χ3n) is 4.06. The quantitative estimate of drug-likeness (QED) is 0.846. The van der Waals surface area contributed by atoms with E-state index in [1.54, 1.807) is 11.8 Å². The van der Waals surface area contributed by atoms with Gasteiger partial charge in [0, 0.05) is 20.1 Å². The second-order valence-corrected chi connectivity index (χ2v) is 5.44. The van der Waals surface area contributed by atoms with Crippen LogP contribution in [0.25, 0.3) is 0 Å². The molecule has 0 saturated heterocycles. The Morgan fingerprint density at radius 1 is 1.42 bits per heavy atom. The second kappa shape index (κ2) is 6.39. The Labute approximate surface area is 115 Å². The standard InChI is InChI=1S/C14H25N3O2/c1-10-12(14(19-3)17(2)16-10)9-15-8-11-6-4-5-7-13(11)18/h11,13,15,18H,4-9H2,1-3H3. The molecule has 0 bridgehead atoms. The number of hydrogen-bond acceptors (Lipinski definition) is 4. The van der Waals surface area contributed by atoms with Crippen LogP contribution in [0.2, 0.25) is 0 Å². The number of aliphatic hydroxyl groups excluding tert-OH is 1. The molecular formula is C14H25N3O2. The van der Waals surface area contributed by atoms with E-state index < -0.39 is 0 Å². The van der Waals surface area contributed by atoms with Crippen LogP contribution in [-0.4, -0.2) is 34.6 Å². The zero-order valence-electron chi connectivity index (χ0n) is 12.1. The van der Waals surface area contributed by atoms with E-state index in [4.69, 9.17) is 4.74 Å². The van der Waals surface area contributed by atoms with Crippen LogP contribution in [0.3, 0.4) is 0 Å². The minimum absolute atomic E-state index is 0.141. The van der Waals surface area contributed by atoms with Crippen molar-refractivity contribution in [1.29, 1.82) is 0 Å². The van der Waals surface area contributed by atoms with Gasteiger partial charge in [-0.05, 0) is 25.7 Å². The molecule has 0 amide bonds.